The van der Waals surface area contributed by atoms with Crippen LogP contribution in [0.3, 0.4) is 0 Å². The highest BCUT2D eigenvalue weighted by molar-refractivity contribution is 5.52. The summed E-state index contributed by atoms with van der Waals surface area (Å²) in [5, 5.41) is 0. The Morgan fingerprint density at radius 1 is 1.12 bits per heavy atom. The summed E-state index contributed by atoms with van der Waals surface area (Å²) in [4.78, 5) is 0. The van der Waals surface area contributed by atoms with Crippen LogP contribution < -0.4 is 0 Å². The summed E-state index contributed by atoms with van der Waals surface area (Å²) in [5.41, 5.74) is 5.53. The predicted octanol–water partition coefficient (Wildman–Crippen LogP) is 3.34. The van der Waals surface area contributed by atoms with Gasteiger partial charge in [-0.1, -0.05) is 5.57 Å². The number of hydrogen-bond donors (Lipinski definition) is 0. The summed E-state index contributed by atoms with van der Waals surface area (Å²) in [6.45, 7) is 11.7. The average Bonchev–Trinajstić information content (AvgIpc) is 2.41. The smallest absolute Gasteiger partial charge is 0.0768 e. The molecule has 16 heavy (non-hydrogen) atoms. The maximum atomic E-state index is 5.50. The van der Waals surface area contributed by atoms with Gasteiger partial charge in [-0.3, -0.25) is 0 Å². The fourth-order valence-corrected chi connectivity index (χ4v) is 2.86. The first-order chi connectivity index (χ1) is 7.40. The molecule has 0 fully saturated rings. The third-order valence-corrected chi connectivity index (χ3v) is 4.14. The zero-order valence-electron chi connectivity index (χ0n) is 11.6. The normalized spacial score (nSPS) is 27.9. The molecule has 1 aliphatic rings. The minimum absolute atomic E-state index is 0.00164. The fraction of sp³-hybridized carbons (Fsp3) is 0.714. The summed E-state index contributed by atoms with van der Waals surface area (Å²) in [6, 6.07) is 0. The Labute approximate surface area is 99.3 Å². The highest BCUT2D eigenvalue weighted by Gasteiger charge is 2.40. The zero-order valence-corrected chi connectivity index (χ0v) is 11.6. The first-order valence-electron chi connectivity index (χ1n) is 5.81. The molecule has 0 aliphatic heterocycles. The van der Waals surface area contributed by atoms with Crippen molar-refractivity contribution in [3.63, 3.8) is 0 Å². The van der Waals surface area contributed by atoms with E-state index in [9.17, 15) is 0 Å². The van der Waals surface area contributed by atoms with E-state index < -0.39 is 0 Å². The quantitative estimate of drug-likeness (QED) is 0.729. The number of allylic oxidation sites excluding steroid dienone is 2. The maximum Gasteiger partial charge on any atom is 0.0768 e. The molecular weight excluding hydrogens is 200 g/mol. The van der Waals surface area contributed by atoms with E-state index >= 15 is 0 Å². The van der Waals surface area contributed by atoms with Crippen molar-refractivity contribution in [1.82, 2.24) is 0 Å². The standard InChI is InChI=1S/C14H24O2/c1-9-10(2)13(12(4)16-7)14(5,8-15-6)11(9)3/h12H,8H2,1-7H3. The topological polar surface area (TPSA) is 18.5 Å². The van der Waals surface area contributed by atoms with E-state index in [-0.39, 0.29) is 11.5 Å². The molecular formula is C14H24O2. The van der Waals surface area contributed by atoms with Crippen molar-refractivity contribution in [2.24, 2.45) is 5.41 Å². The number of rotatable bonds is 4. The van der Waals surface area contributed by atoms with Gasteiger partial charge < -0.3 is 9.47 Å². The van der Waals surface area contributed by atoms with E-state index in [1.807, 2.05) is 0 Å². The van der Waals surface area contributed by atoms with Crippen LogP contribution in [-0.4, -0.2) is 26.9 Å². The first kappa shape index (κ1) is 13.5. The molecule has 0 saturated heterocycles. The number of ether oxygens (including phenoxy) is 2. The summed E-state index contributed by atoms with van der Waals surface area (Å²) >= 11 is 0. The Morgan fingerprint density at radius 3 is 2.12 bits per heavy atom. The van der Waals surface area contributed by atoms with Crippen molar-refractivity contribution < 1.29 is 9.47 Å². The molecule has 1 rings (SSSR count). The van der Waals surface area contributed by atoms with Gasteiger partial charge in [-0.25, -0.2) is 0 Å². The Kier molecular flexibility index (Phi) is 3.97. The minimum Gasteiger partial charge on any atom is -0.383 e. The molecule has 2 unspecified atom stereocenters. The third kappa shape index (κ3) is 1.85. The lowest BCUT2D eigenvalue weighted by molar-refractivity contribution is 0.0932. The molecule has 0 bridgehead atoms. The van der Waals surface area contributed by atoms with Crippen LogP contribution >= 0.6 is 0 Å². The molecule has 0 aromatic carbocycles. The molecule has 0 spiro atoms. The Hall–Kier alpha value is -0.600. The molecule has 0 heterocycles. The summed E-state index contributed by atoms with van der Waals surface area (Å²) in [5.74, 6) is 0. The van der Waals surface area contributed by atoms with Crippen molar-refractivity contribution in [2.45, 2.75) is 40.7 Å². The van der Waals surface area contributed by atoms with E-state index in [4.69, 9.17) is 9.47 Å². The Balaban J connectivity index is 3.24. The highest BCUT2D eigenvalue weighted by Crippen LogP contribution is 2.48. The Morgan fingerprint density at radius 2 is 1.69 bits per heavy atom. The predicted molar refractivity (Wildman–Crippen MR) is 67.5 cm³/mol. The van der Waals surface area contributed by atoms with Crippen LogP contribution in [0.25, 0.3) is 0 Å². The summed E-state index contributed by atoms with van der Waals surface area (Å²) in [7, 11) is 3.53. The van der Waals surface area contributed by atoms with Crippen LogP contribution in [0.4, 0.5) is 0 Å². The number of methoxy groups -OCH3 is 2. The maximum absolute atomic E-state index is 5.50. The van der Waals surface area contributed by atoms with Crippen LogP contribution in [-0.2, 0) is 9.47 Å². The first-order valence-corrected chi connectivity index (χ1v) is 5.81. The Bertz CT molecular complexity index is 339. The van der Waals surface area contributed by atoms with Crippen LogP contribution in [0.15, 0.2) is 22.3 Å². The summed E-state index contributed by atoms with van der Waals surface area (Å²) in [6.07, 6.45) is 0.146. The lowest BCUT2D eigenvalue weighted by atomic mass is 9.77. The van der Waals surface area contributed by atoms with E-state index in [1.165, 1.54) is 22.3 Å². The molecule has 0 N–H and O–H groups in total. The van der Waals surface area contributed by atoms with Gasteiger partial charge in [0.15, 0.2) is 0 Å². The van der Waals surface area contributed by atoms with Gasteiger partial charge in [0, 0.05) is 19.6 Å². The van der Waals surface area contributed by atoms with Crippen LogP contribution in [0, 0.1) is 5.41 Å². The minimum atomic E-state index is -0.00164. The summed E-state index contributed by atoms with van der Waals surface area (Å²) < 4.78 is 10.9. The van der Waals surface area contributed by atoms with Gasteiger partial charge in [0.05, 0.1) is 12.7 Å². The molecule has 0 saturated carbocycles. The molecule has 0 amide bonds. The highest BCUT2D eigenvalue weighted by atomic mass is 16.5. The van der Waals surface area contributed by atoms with Gasteiger partial charge in [0.1, 0.15) is 0 Å². The van der Waals surface area contributed by atoms with Gasteiger partial charge in [0.2, 0.25) is 0 Å². The van der Waals surface area contributed by atoms with Gasteiger partial charge in [-0.05, 0) is 51.3 Å². The second-order valence-corrected chi connectivity index (χ2v) is 4.93. The van der Waals surface area contributed by atoms with E-state index in [0.717, 1.165) is 6.61 Å². The molecule has 92 valence electrons. The average molecular weight is 224 g/mol. The second kappa shape index (κ2) is 4.72. The largest absolute Gasteiger partial charge is 0.383 e. The molecule has 2 nitrogen and oxygen atoms in total. The van der Waals surface area contributed by atoms with Crippen molar-refractivity contribution in [2.75, 3.05) is 20.8 Å². The SMILES string of the molecule is COCC1(C)C(C)=C(C)C(C)=C1C(C)OC. The third-order valence-electron chi connectivity index (χ3n) is 4.14. The second-order valence-electron chi connectivity index (χ2n) is 4.93. The zero-order chi connectivity index (χ0) is 12.5. The molecule has 2 atom stereocenters. The fourth-order valence-electron chi connectivity index (χ4n) is 2.86. The molecule has 0 aromatic rings. The van der Waals surface area contributed by atoms with Gasteiger partial charge >= 0.3 is 0 Å². The van der Waals surface area contributed by atoms with Gasteiger partial charge in [-0.2, -0.15) is 0 Å². The monoisotopic (exact) mass is 224 g/mol. The van der Waals surface area contributed by atoms with Crippen LogP contribution in [0.5, 0.6) is 0 Å². The van der Waals surface area contributed by atoms with Gasteiger partial charge in [0.25, 0.3) is 0 Å². The van der Waals surface area contributed by atoms with Crippen LogP contribution in [0.2, 0.25) is 0 Å². The van der Waals surface area contributed by atoms with E-state index in [1.54, 1.807) is 14.2 Å². The van der Waals surface area contributed by atoms with E-state index in [2.05, 4.69) is 34.6 Å². The molecule has 2 heteroatoms. The lowest BCUT2D eigenvalue weighted by Crippen LogP contribution is -2.30. The van der Waals surface area contributed by atoms with Crippen molar-refractivity contribution in [3.8, 4) is 0 Å². The van der Waals surface area contributed by atoms with Crippen molar-refractivity contribution in [1.29, 1.82) is 0 Å². The van der Waals surface area contributed by atoms with E-state index in [0.29, 0.717) is 0 Å². The van der Waals surface area contributed by atoms with Gasteiger partial charge in [-0.15, -0.1) is 0 Å². The molecule has 1 aliphatic carbocycles. The lowest BCUT2D eigenvalue weighted by Gasteiger charge is -2.32. The van der Waals surface area contributed by atoms with Crippen LogP contribution in [0.1, 0.15) is 34.6 Å². The molecule has 0 aromatic heterocycles. The number of hydrogen-bond acceptors (Lipinski definition) is 2. The van der Waals surface area contributed by atoms with Crippen molar-refractivity contribution in [3.05, 3.63) is 22.3 Å². The van der Waals surface area contributed by atoms with Crippen molar-refractivity contribution >= 4 is 0 Å². The molecule has 0 radical (unpaired) electrons.